The quantitative estimate of drug-likeness (QED) is 0.712. The van der Waals surface area contributed by atoms with Crippen LogP contribution in [0.4, 0.5) is 0 Å². The molecule has 0 unspecified atom stereocenters. The SMILES string of the molecule is CCN(C/C=C\c1ccccc1[SH](=O)=O)CCOC(C)C. The Kier molecular flexibility index (Phi) is 8.27. The highest BCUT2D eigenvalue weighted by atomic mass is 32.2. The Bertz CT molecular complexity index is 516. The lowest BCUT2D eigenvalue weighted by Crippen LogP contribution is -2.28. The van der Waals surface area contributed by atoms with Crippen molar-refractivity contribution in [3.63, 3.8) is 0 Å². The summed E-state index contributed by atoms with van der Waals surface area (Å²) >= 11 is 0. The third-order valence-electron chi connectivity index (χ3n) is 3.10. The molecule has 0 spiro atoms. The summed E-state index contributed by atoms with van der Waals surface area (Å²) in [6.45, 7) is 9.45. The monoisotopic (exact) mass is 311 g/mol. The van der Waals surface area contributed by atoms with E-state index in [4.69, 9.17) is 4.74 Å². The third-order valence-corrected chi connectivity index (χ3v) is 3.90. The second-order valence-corrected chi connectivity index (χ2v) is 6.03. The Morgan fingerprint density at radius 3 is 2.62 bits per heavy atom. The molecule has 0 aliphatic rings. The molecular weight excluding hydrogens is 286 g/mol. The van der Waals surface area contributed by atoms with Crippen molar-refractivity contribution in [2.75, 3.05) is 26.2 Å². The van der Waals surface area contributed by atoms with Crippen LogP contribution >= 0.6 is 0 Å². The second-order valence-electron chi connectivity index (χ2n) is 5.03. The minimum absolute atomic E-state index is 0.250. The van der Waals surface area contributed by atoms with E-state index in [1.54, 1.807) is 12.1 Å². The lowest BCUT2D eigenvalue weighted by atomic mass is 10.2. The summed E-state index contributed by atoms with van der Waals surface area (Å²) in [4.78, 5) is 2.62. The summed E-state index contributed by atoms with van der Waals surface area (Å²) in [6.07, 6.45) is 4.11. The van der Waals surface area contributed by atoms with Crippen LogP contribution in [0.25, 0.3) is 6.08 Å². The van der Waals surface area contributed by atoms with Gasteiger partial charge >= 0.3 is 0 Å². The van der Waals surface area contributed by atoms with Crippen LogP contribution in [-0.4, -0.2) is 45.7 Å². The summed E-state index contributed by atoms with van der Waals surface area (Å²) in [5, 5.41) is 0. The van der Waals surface area contributed by atoms with E-state index < -0.39 is 10.7 Å². The van der Waals surface area contributed by atoms with Gasteiger partial charge in [0.25, 0.3) is 0 Å². The molecule has 0 atom stereocenters. The number of likely N-dealkylation sites (N-methyl/N-ethyl adjacent to an activating group) is 1. The molecule has 0 amide bonds. The lowest BCUT2D eigenvalue weighted by Gasteiger charge is -2.19. The first-order valence-electron chi connectivity index (χ1n) is 7.28. The molecule has 0 radical (unpaired) electrons. The van der Waals surface area contributed by atoms with Gasteiger partial charge in [-0.3, -0.25) is 4.90 Å². The van der Waals surface area contributed by atoms with Crippen LogP contribution in [0, 0.1) is 0 Å². The van der Waals surface area contributed by atoms with E-state index in [0.29, 0.717) is 11.5 Å². The molecule has 0 saturated carbocycles. The highest BCUT2D eigenvalue weighted by molar-refractivity contribution is 7.72. The normalized spacial score (nSPS) is 12.1. The molecule has 0 N–H and O–H groups in total. The maximum Gasteiger partial charge on any atom is 0.168 e. The highest BCUT2D eigenvalue weighted by Gasteiger charge is 2.02. The van der Waals surface area contributed by atoms with E-state index in [9.17, 15) is 8.42 Å². The predicted octanol–water partition coefficient (Wildman–Crippen LogP) is 2.42. The van der Waals surface area contributed by atoms with Gasteiger partial charge in [0, 0.05) is 13.1 Å². The van der Waals surface area contributed by atoms with Gasteiger partial charge < -0.3 is 4.74 Å². The van der Waals surface area contributed by atoms with Gasteiger partial charge in [-0.15, -0.1) is 0 Å². The smallest absolute Gasteiger partial charge is 0.168 e. The number of hydrogen-bond donors (Lipinski definition) is 1. The number of thiol groups is 1. The molecule has 0 bridgehead atoms. The van der Waals surface area contributed by atoms with Crippen molar-refractivity contribution in [1.82, 2.24) is 4.90 Å². The van der Waals surface area contributed by atoms with Crippen molar-refractivity contribution in [2.45, 2.75) is 31.8 Å². The van der Waals surface area contributed by atoms with Crippen LogP contribution in [0.5, 0.6) is 0 Å². The van der Waals surface area contributed by atoms with Crippen molar-refractivity contribution in [2.24, 2.45) is 0 Å². The molecule has 0 saturated heterocycles. The number of hydrogen-bond acceptors (Lipinski definition) is 4. The van der Waals surface area contributed by atoms with Crippen molar-refractivity contribution >= 4 is 16.8 Å². The number of ether oxygens (including phenoxy) is 1. The zero-order chi connectivity index (χ0) is 15.7. The average molecular weight is 311 g/mol. The third kappa shape index (κ3) is 6.89. The highest BCUT2D eigenvalue weighted by Crippen LogP contribution is 2.12. The summed E-state index contributed by atoms with van der Waals surface area (Å²) < 4.78 is 27.9. The number of nitrogens with zero attached hydrogens (tertiary/aromatic N) is 1. The van der Waals surface area contributed by atoms with Crippen molar-refractivity contribution in [3.05, 3.63) is 35.9 Å². The van der Waals surface area contributed by atoms with Gasteiger partial charge in [0.15, 0.2) is 10.7 Å². The maximum atomic E-state index is 11.2. The van der Waals surface area contributed by atoms with Crippen molar-refractivity contribution < 1.29 is 13.2 Å². The van der Waals surface area contributed by atoms with Crippen LogP contribution < -0.4 is 0 Å². The molecule has 118 valence electrons. The first kappa shape index (κ1) is 17.9. The molecule has 0 aromatic heterocycles. The minimum Gasteiger partial charge on any atom is -0.377 e. The molecule has 0 aliphatic heterocycles. The first-order chi connectivity index (χ1) is 10.0. The van der Waals surface area contributed by atoms with Gasteiger partial charge in [-0.25, -0.2) is 8.42 Å². The van der Waals surface area contributed by atoms with E-state index in [-0.39, 0.29) is 6.10 Å². The predicted molar refractivity (Wildman–Crippen MR) is 87.3 cm³/mol. The van der Waals surface area contributed by atoms with E-state index in [1.807, 2.05) is 38.1 Å². The van der Waals surface area contributed by atoms with Crippen molar-refractivity contribution in [1.29, 1.82) is 0 Å². The molecule has 0 fully saturated rings. The zero-order valence-electron chi connectivity index (χ0n) is 13.0. The van der Waals surface area contributed by atoms with Crippen LogP contribution in [0.2, 0.25) is 0 Å². The topological polar surface area (TPSA) is 46.6 Å². The molecule has 5 heteroatoms. The molecule has 0 aliphatic carbocycles. The molecule has 4 nitrogen and oxygen atoms in total. The fourth-order valence-corrected chi connectivity index (χ4v) is 2.49. The van der Waals surface area contributed by atoms with Gasteiger partial charge in [-0.2, -0.15) is 0 Å². The Labute approximate surface area is 129 Å². The van der Waals surface area contributed by atoms with Crippen LogP contribution in [-0.2, 0) is 15.4 Å². The van der Waals surface area contributed by atoms with Gasteiger partial charge in [0.05, 0.1) is 17.6 Å². The van der Waals surface area contributed by atoms with Gasteiger partial charge in [0.1, 0.15) is 0 Å². The molecule has 1 rings (SSSR count). The minimum atomic E-state index is -2.55. The summed E-state index contributed by atoms with van der Waals surface area (Å²) in [7, 11) is -2.55. The Hall–Kier alpha value is -1.17. The largest absolute Gasteiger partial charge is 0.377 e. The number of benzene rings is 1. The summed E-state index contributed by atoms with van der Waals surface area (Å²) in [5.74, 6) is 0. The average Bonchev–Trinajstić information content (AvgIpc) is 2.45. The van der Waals surface area contributed by atoms with E-state index in [2.05, 4.69) is 11.8 Å². The van der Waals surface area contributed by atoms with Gasteiger partial charge in [-0.05, 0) is 32.0 Å². The van der Waals surface area contributed by atoms with Gasteiger partial charge in [0.2, 0.25) is 0 Å². The molecule has 1 aromatic carbocycles. The molecular formula is C16H25NO3S. The Morgan fingerprint density at radius 1 is 1.29 bits per heavy atom. The van der Waals surface area contributed by atoms with E-state index >= 15 is 0 Å². The molecule has 21 heavy (non-hydrogen) atoms. The lowest BCUT2D eigenvalue weighted by molar-refractivity contribution is 0.0622. The second kappa shape index (κ2) is 9.71. The van der Waals surface area contributed by atoms with E-state index in [1.165, 1.54) is 0 Å². The Morgan fingerprint density at radius 2 is 2.00 bits per heavy atom. The van der Waals surface area contributed by atoms with Gasteiger partial charge in [-0.1, -0.05) is 37.3 Å². The summed E-state index contributed by atoms with van der Waals surface area (Å²) in [6, 6.07) is 7.02. The fourth-order valence-electron chi connectivity index (χ4n) is 1.92. The van der Waals surface area contributed by atoms with Crippen LogP contribution in [0.3, 0.4) is 0 Å². The maximum absolute atomic E-state index is 11.2. The fraction of sp³-hybridized carbons (Fsp3) is 0.500. The van der Waals surface area contributed by atoms with Crippen LogP contribution in [0.15, 0.2) is 35.2 Å². The summed E-state index contributed by atoms with van der Waals surface area (Å²) in [5.41, 5.74) is 0.739. The van der Waals surface area contributed by atoms with E-state index in [0.717, 1.165) is 25.2 Å². The zero-order valence-corrected chi connectivity index (χ0v) is 13.9. The molecule has 0 heterocycles. The number of rotatable bonds is 9. The van der Waals surface area contributed by atoms with Crippen LogP contribution in [0.1, 0.15) is 26.3 Å². The first-order valence-corrected chi connectivity index (χ1v) is 8.46. The standard InChI is InChI=1S/C16H25NO3S/c1-4-17(12-13-20-14(2)3)11-7-9-15-8-5-6-10-16(15)21(18)19/h5-10,14,21H,4,11-13H2,1-3H3/b9-7-. The van der Waals surface area contributed by atoms with Crippen molar-refractivity contribution in [3.8, 4) is 0 Å². The Balaban J connectivity index is 2.56. The molecule has 1 aromatic rings.